The van der Waals surface area contributed by atoms with E-state index < -0.39 is 0 Å². The molecule has 0 unspecified atom stereocenters. The number of nitrogens with zero attached hydrogens (tertiary/aromatic N) is 2. The summed E-state index contributed by atoms with van der Waals surface area (Å²) < 4.78 is 0. The lowest BCUT2D eigenvalue weighted by atomic mass is 10.3. The highest BCUT2D eigenvalue weighted by atomic mass is 16.1. The Morgan fingerprint density at radius 3 is 3.00 bits per heavy atom. The van der Waals surface area contributed by atoms with Crippen molar-refractivity contribution in [1.82, 2.24) is 9.97 Å². The van der Waals surface area contributed by atoms with Gasteiger partial charge in [0.2, 0.25) is 5.95 Å². The molecule has 0 amide bonds. The van der Waals surface area contributed by atoms with E-state index in [0.717, 1.165) is 19.4 Å². The van der Waals surface area contributed by atoms with E-state index >= 15 is 0 Å². The van der Waals surface area contributed by atoms with E-state index in [0.29, 0.717) is 5.95 Å². The van der Waals surface area contributed by atoms with E-state index in [-0.39, 0.29) is 5.56 Å². The molecule has 1 aromatic heterocycles. The predicted molar refractivity (Wildman–Crippen MR) is 53.0 cm³/mol. The molecule has 13 heavy (non-hydrogen) atoms. The SMILES string of the molecule is CCCCN(C)c1nccc(=O)[nH]1. The fourth-order valence-corrected chi connectivity index (χ4v) is 1.05. The second-order valence-corrected chi connectivity index (χ2v) is 3.03. The number of unbranched alkanes of at least 4 members (excludes halogenated alkanes) is 1. The lowest BCUT2D eigenvalue weighted by Crippen LogP contribution is -2.23. The first-order valence-electron chi connectivity index (χ1n) is 4.50. The van der Waals surface area contributed by atoms with Crippen molar-refractivity contribution in [2.24, 2.45) is 0 Å². The van der Waals surface area contributed by atoms with Crippen LogP contribution in [0.25, 0.3) is 0 Å². The highest BCUT2D eigenvalue weighted by Gasteiger charge is 2.00. The third kappa shape index (κ3) is 2.89. The molecule has 0 saturated carbocycles. The Balaban J connectivity index is 2.65. The molecule has 0 aliphatic rings. The van der Waals surface area contributed by atoms with Crippen molar-refractivity contribution in [2.45, 2.75) is 19.8 Å². The fourth-order valence-electron chi connectivity index (χ4n) is 1.05. The van der Waals surface area contributed by atoms with Gasteiger partial charge in [0.05, 0.1) is 0 Å². The maximum Gasteiger partial charge on any atom is 0.252 e. The summed E-state index contributed by atoms with van der Waals surface area (Å²) in [6.07, 6.45) is 3.77. The van der Waals surface area contributed by atoms with E-state index in [1.807, 2.05) is 11.9 Å². The minimum absolute atomic E-state index is 0.103. The van der Waals surface area contributed by atoms with Crippen molar-refractivity contribution in [3.05, 3.63) is 22.6 Å². The molecule has 1 aromatic rings. The van der Waals surface area contributed by atoms with Gasteiger partial charge in [-0.15, -0.1) is 0 Å². The zero-order valence-electron chi connectivity index (χ0n) is 8.08. The molecule has 1 heterocycles. The van der Waals surface area contributed by atoms with Gasteiger partial charge in [0.25, 0.3) is 5.56 Å². The van der Waals surface area contributed by atoms with Crippen LogP contribution < -0.4 is 10.5 Å². The summed E-state index contributed by atoms with van der Waals surface area (Å²) in [6, 6.07) is 1.41. The molecule has 0 bridgehead atoms. The molecule has 0 aliphatic carbocycles. The third-order valence-electron chi connectivity index (χ3n) is 1.87. The van der Waals surface area contributed by atoms with Crippen molar-refractivity contribution < 1.29 is 0 Å². The van der Waals surface area contributed by atoms with E-state index in [2.05, 4.69) is 16.9 Å². The number of H-pyrrole nitrogens is 1. The molecule has 0 atom stereocenters. The standard InChI is InChI=1S/C9H15N3O/c1-3-4-7-12(2)9-10-6-5-8(13)11-9/h5-6H,3-4,7H2,1-2H3,(H,10,11,13). The number of anilines is 1. The zero-order chi connectivity index (χ0) is 9.68. The second-order valence-electron chi connectivity index (χ2n) is 3.03. The number of aromatic nitrogens is 2. The highest BCUT2D eigenvalue weighted by Crippen LogP contribution is 2.01. The predicted octanol–water partition coefficient (Wildman–Crippen LogP) is 1.01. The first kappa shape index (κ1) is 9.77. The van der Waals surface area contributed by atoms with Crippen LogP contribution in [0.5, 0.6) is 0 Å². The summed E-state index contributed by atoms with van der Waals surface area (Å²) in [5.74, 6) is 0.640. The van der Waals surface area contributed by atoms with Crippen LogP contribution in [0.2, 0.25) is 0 Å². The second kappa shape index (κ2) is 4.64. The number of nitrogens with one attached hydrogen (secondary N) is 1. The fraction of sp³-hybridized carbons (Fsp3) is 0.556. The van der Waals surface area contributed by atoms with E-state index in [1.54, 1.807) is 0 Å². The lowest BCUT2D eigenvalue weighted by Gasteiger charge is -2.16. The summed E-state index contributed by atoms with van der Waals surface area (Å²) in [7, 11) is 1.92. The van der Waals surface area contributed by atoms with Gasteiger partial charge >= 0.3 is 0 Å². The first-order chi connectivity index (χ1) is 6.24. The molecule has 0 spiro atoms. The number of rotatable bonds is 4. The van der Waals surface area contributed by atoms with E-state index in [1.165, 1.54) is 12.3 Å². The summed E-state index contributed by atoms with van der Waals surface area (Å²) in [5.41, 5.74) is -0.103. The molecular weight excluding hydrogens is 166 g/mol. The summed E-state index contributed by atoms with van der Waals surface area (Å²) in [4.78, 5) is 19.6. The van der Waals surface area contributed by atoms with Crippen molar-refractivity contribution >= 4 is 5.95 Å². The minimum Gasteiger partial charge on any atom is -0.345 e. The molecule has 1 N–H and O–H groups in total. The Morgan fingerprint density at radius 2 is 2.38 bits per heavy atom. The van der Waals surface area contributed by atoms with Gasteiger partial charge in [-0.05, 0) is 6.42 Å². The zero-order valence-corrected chi connectivity index (χ0v) is 8.08. The van der Waals surface area contributed by atoms with Gasteiger partial charge in [0.1, 0.15) is 0 Å². The molecule has 0 fully saturated rings. The van der Waals surface area contributed by atoms with Crippen LogP contribution in [-0.4, -0.2) is 23.6 Å². The van der Waals surface area contributed by atoms with Gasteiger partial charge in [-0.25, -0.2) is 4.98 Å². The molecule has 0 radical (unpaired) electrons. The van der Waals surface area contributed by atoms with Gasteiger partial charge < -0.3 is 4.90 Å². The normalized spacial score (nSPS) is 10.0. The smallest absolute Gasteiger partial charge is 0.252 e. The van der Waals surface area contributed by atoms with Crippen LogP contribution in [0.4, 0.5) is 5.95 Å². The molecular formula is C9H15N3O. The Morgan fingerprint density at radius 1 is 1.62 bits per heavy atom. The topological polar surface area (TPSA) is 49.0 Å². The lowest BCUT2D eigenvalue weighted by molar-refractivity contribution is 0.748. The van der Waals surface area contributed by atoms with Crippen LogP contribution >= 0.6 is 0 Å². The van der Waals surface area contributed by atoms with Crippen LogP contribution in [0.1, 0.15) is 19.8 Å². The van der Waals surface area contributed by atoms with Gasteiger partial charge in [-0.2, -0.15) is 0 Å². The quantitative estimate of drug-likeness (QED) is 0.754. The number of hydrogen-bond donors (Lipinski definition) is 1. The van der Waals surface area contributed by atoms with Crippen molar-refractivity contribution in [3.63, 3.8) is 0 Å². The van der Waals surface area contributed by atoms with E-state index in [9.17, 15) is 4.79 Å². The van der Waals surface area contributed by atoms with Crippen LogP contribution in [0.3, 0.4) is 0 Å². The van der Waals surface area contributed by atoms with Gasteiger partial charge in [0, 0.05) is 25.9 Å². The Labute approximate surface area is 77.6 Å². The molecule has 0 saturated heterocycles. The van der Waals surface area contributed by atoms with Crippen LogP contribution in [0.15, 0.2) is 17.1 Å². The van der Waals surface area contributed by atoms with Crippen molar-refractivity contribution in [1.29, 1.82) is 0 Å². The van der Waals surface area contributed by atoms with Crippen LogP contribution in [-0.2, 0) is 0 Å². The summed E-state index contributed by atoms with van der Waals surface area (Å²) in [6.45, 7) is 3.05. The first-order valence-corrected chi connectivity index (χ1v) is 4.50. The Kier molecular flexibility index (Phi) is 3.49. The average molecular weight is 181 g/mol. The van der Waals surface area contributed by atoms with Crippen molar-refractivity contribution in [2.75, 3.05) is 18.5 Å². The van der Waals surface area contributed by atoms with Gasteiger partial charge in [0.15, 0.2) is 0 Å². The highest BCUT2D eigenvalue weighted by molar-refractivity contribution is 5.25. The van der Waals surface area contributed by atoms with Gasteiger partial charge in [-0.1, -0.05) is 13.3 Å². The van der Waals surface area contributed by atoms with Gasteiger partial charge in [-0.3, -0.25) is 9.78 Å². The minimum atomic E-state index is -0.103. The maximum atomic E-state index is 10.9. The Hall–Kier alpha value is -1.32. The monoisotopic (exact) mass is 181 g/mol. The molecule has 0 aromatic carbocycles. The molecule has 1 rings (SSSR count). The molecule has 72 valence electrons. The molecule has 0 aliphatic heterocycles. The average Bonchev–Trinajstić information content (AvgIpc) is 2.14. The molecule has 4 nitrogen and oxygen atoms in total. The Bertz CT molecular complexity index is 308. The van der Waals surface area contributed by atoms with E-state index in [4.69, 9.17) is 0 Å². The summed E-state index contributed by atoms with van der Waals surface area (Å²) >= 11 is 0. The van der Waals surface area contributed by atoms with Crippen LogP contribution in [0, 0.1) is 0 Å². The maximum absolute atomic E-state index is 10.9. The summed E-state index contributed by atoms with van der Waals surface area (Å²) in [5, 5.41) is 0. The van der Waals surface area contributed by atoms with Crippen molar-refractivity contribution in [3.8, 4) is 0 Å². The number of aromatic amines is 1. The third-order valence-corrected chi connectivity index (χ3v) is 1.87. The number of hydrogen-bond acceptors (Lipinski definition) is 3. The molecule has 4 heteroatoms. The largest absolute Gasteiger partial charge is 0.345 e.